The summed E-state index contributed by atoms with van der Waals surface area (Å²) in [6, 6.07) is 3.81. The molecule has 1 aromatic carbocycles. The minimum atomic E-state index is -0.165. The van der Waals surface area contributed by atoms with Gasteiger partial charge < -0.3 is 9.80 Å². The predicted octanol–water partition coefficient (Wildman–Crippen LogP) is 3.71. The monoisotopic (exact) mass is 336 g/mol. The Morgan fingerprint density at radius 1 is 1.13 bits per heavy atom. The molecule has 0 aliphatic carbocycles. The van der Waals surface area contributed by atoms with Crippen LogP contribution in [0.4, 0.5) is 5.69 Å². The smallest absolute Gasteiger partial charge is 0.242 e. The maximum absolute atomic E-state index is 12.6. The fraction of sp³-hybridized carbons (Fsp3) is 0.556. The zero-order valence-corrected chi connectivity index (χ0v) is 14.9. The molecule has 23 heavy (non-hydrogen) atoms. The molecular weight excluding hydrogens is 312 g/mol. The van der Waals surface area contributed by atoms with Crippen LogP contribution < -0.4 is 4.90 Å². The van der Waals surface area contributed by atoms with Crippen LogP contribution in [0.1, 0.15) is 43.7 Å². The van der Waals surface area contributed by atoms with Gasteiger partial charge in [-0.15, -0.1) is 0 Å². The van der Waals surface area contributed by atoms with Gasteiger partial charge in [0.25, 0.3) is 0 Å². The SMILES string of the molecule is CC(=O)N(CC(=O)N1CCCCCC1)c1c(C)cc(C)cc1Cl. The Balaban J connectivity index is 2.22. The van der Waals surface area contributed by atoms with Crippen LogP contribution in [-0.2, 0) is 9.59 Å². The number of aryl methyl sites for hydroxylation is 2. The van der Waals surface area contributed by atoms with Gasteiger partial charge in [-0.05, 0) is 43.9 Å². The number of rotatable bonds is 3. The van der Waals surface area contributed by atoms with Crippen molar-refractivity contribution < 1.29 is 9.59 Å². The molecule has 1 aromatic rings. The molecule has 4 nitrogen and oxygen atoms in total. The first-order chi connectivity index (χ1) is 10.9. The van der Waals surface area contributed by atoms with Crippen molar-refractivity contribution in [1.29, 1.82) is 0 Å². The van der Waals surface area contributed by atoms with Gasteiger partial charge >= 0.3 is 0 Å². The third kappa shape index (κ3) is 4.47. The van der Waals surface area contributed by atoms with E-state index in [1.807, 2.05) is 30.9 Å². The van der Waals surface area contributed by atoms with Crippen molar-refractivity contribution in [3.63, 3.8) is 0 Å². The van der Waals surface area contributed by atoms with Gasteiger partial charge in [-0.3, -0.25) is 9.59 Å². The molecule has 0 N–H and O–H groups in total. The molecule has 1 aliphatic heterocycles. The Morgan fingerprint density at radius 3 is 2.26 bits per heavy atom. The Labute approximate surface area is 143 Å². The molecule has 0 saturated carbocycles. The summed E-state index contributed by atoms with van der Waals surface area (Å²) in [5, 5.41) is 0.515. The number of halogens is 1. The molecule has 0 unspecified atom stereocenters. The van der Waals surface area contributed by atoms with Gasteiger partial charge in [0.2, 0.25) is 11.8 Å². The number of benzene rings is 1. The van der Waals surface area contributed by atoms with E-state index in [9.17, 15) is 9.59 Å². The molecule has 0 bridgehead atoms. The van der Waals surface area contributed by atoms with E-state index < -0.39 is 0 Å². The molecule has 1 saturated heterocycles. The molecule has 5 heteroatoms. The molecule has 0 atom stereocenters. The molecule has 2 rings (SSSR count). The fourth-order valence-electron chi connectivity index (χ4n) is 3.15. The average molecular weight is 337 g/mol. The van der Waals surface area contributed by atoms with Gasteiger partial charge in [-0.25, -0.2) is 0 Å². The number of carbonyl (C=O) groups excluding carboxylic acids is 2. The van der Waals surface area contributed by atoms with Crippen molar-refractivity contribution in [2.24, 2.45) is 0 Å². The topological polar surface area (TPSA) is 40.6 Å². The standard InChI is InChI=1S/C18H25ClN2O2/c1-13-10-14(2)18(16(19)11-13)21(15(3)22)12-17(23)20-8-6-4-5-7-9-20/h10-11H,4-9,12H2,1-3H3. The lowest BCUT2D eigenvalue weighted by Crippen LogP contribution is -2.43. The normalized spacial score (nSPS) is 15.2. The summed E-state index contributed by atoms with van der Waals surface area (Å²) in [5.74, 6) is -0.167. The second-order valence-corrected chi connectivity index (χ2v) is 6.72. The van der Waals surface area contributed by atoms with Crippen molar-refractivity contribution >= 4 is 29.1 Å². The van der Waals surface area contributed by atoms with Gasteiger partial charge in [0.05, 0.1) is 10.7 Å². The Bertz CT molecular complexity index is 570. The summed E-state index contributed by atoms with van der Waals surface area (Å²) in [5.41, 5.74) is 2.60. The van der Waals surface area contributed by atoms with E-state index in [1.54, 1.807) is 0 Å². The minimum absolute atomic E-state index is 0.00172. The molecule has 1 heterocycles. The summed E-state index contributed by atoms with van der Waals surface area (Å²) < 4.78 is 0. The summed E-state index contributed by atoms with van der Waals surface area (Å²) in [6.07, 6.45) is 4.42. The van der Waals surface area contributed by atoms with Crippen LogP contribution in [0.5, 0.6) is 0 Å². The number of hydrogen-bond acceptors (Lipinski definition) is 2. The lowest BCUT2D eigenvalue weighted by atomic mass is 10.1. The van der Waals surface area contributed by atoms with Crippen molar-refractivity contribution in [2.45, 2.75) is 46.5 Å². The second-order valence-electron chi connectivity index (χ2n) is 6.31. The first-order valence-electron chi connectivity index (χ1n) is 8.22. The third-order valence-electron chi connectivity index (χ3n) is 4.30. The predicted molar refractivity (Wildman–Crippen MR) is 94.0 cm³/mol. The van der Waals surface area contributed by atoms with Crippen LogP contribution in [0, 0.1) is 13.8 Å². The Kier molecular flexibility index (Phi) is 6.05. The maximum Gasteiger partial charge on any atom is 0.242 e. The molecule has 2 amide bonds. The second kappa shape index (κ2) is 7.82. The molecule has 0 spiro atoms. The molecular formula is C18H25ClN2O2. The Morgan fingerprint density at radius 2 is 1.74 bits per heavy atom. The van der Waals surface area contributed by atoms with Crippen molar-refractivity contribution in [3.8, 4) is 0 Å². The van der Waals surface area contributed by atoms with Gasteiger partial charge in [0.1, 0.15) is 6.54 Å². The highest BCUT2D eigenvalue weighted by Crippen LogP contribution is 2.31. The zero-order valence-electron chi connectivity index (χ0n) is 14.2. The molecule has 0 aromatic heterocycles. The van der Waals surface area contributed by atoms with Crippen LogP contribution >= 0.6 is 11.6 Å². The number of amides is 2. The highest BCUT2D eigenvalue weighted by molar-refractivity contribution is 6.34. The van der Waals surface area contributed by atoms with Crippen molar-refractivity contribution in [1.82, 2.24) is 4.90 Å². The van der Waals surface area contributed by atoms with Crippen LogP contribution in [0.25, 0.3) is 0 Å². The average Bonchev–Trinajstić information content (AvgIpc) is 2.73. The lowest BCUT2D eigenvalue weighted by molar-refractivity contribution is -0.131. The van der Waals surface area contributed by atoms with Crippen LogP contribution in [-0.4, -0.2) is 36.3 Å². The zero-order chi connectivity index (χ0) is 17.0. The molecule has 1 aliphatic rings. The van der Waals surface area contributed by atoms with Crippen LogP contribution in [0.15, 0.2) is 12.1 Å². The summed E-state index contributed by atoms with van der Waals surface area (Å²) in [7, 11) is 0. The van der Waals surface area contributed by atoms with E-state index >= 15 is 0 Å². The van der Waals surface area contributed by atoms with E-state index in [1.165, 1.54) is 24.7 Å². The summed E-state index contributed by atoms with van der Waals surface area (Å²) in [4.78, 5) is 28.1. The van der Waals surface area contributed by atoms with Crippen LogP contribution in [0.3, 0.4) is 0 Å². The summed E-state index contributed by atoms with van der Waals surface area (Å²) >= 11 is 6.35. The van der Waals surface area contributed by atoms with Gasteiger partial charge in [-0.2, -0.15) is 0 Å². The first-order valence-corrected chi connectivity index (χ1v) is 8.60. The van der Waals surface area contributed by atoms with Gasteiger partial charge in [0.15, 0.2) is 0 Å². The minimum Gasteiger partial charge on any atom is -0.341 e. The first kappa shape index (κ1) is 17.8. The quantitative estimate of drug-likeness (QED) is 0.844. The fourth-order valence-corrected chi connectivity index (χ4v) is 3.58. The largest absolute Gasteiger partial charge is 0.341 e. The van der Waals surface area contributed by atoms with E-state index in [2.05, 4.69) is 0 Å². The number of hydrogen-bond donors (Lipinski definition) is 0. The van der Waals surface area contributed by atoms with E-state index in [0.29, 0.717) is 10.7 Å². The number of likely N-dealkylation sites (tertiary alicyclic amines) is 1. The number of anilines is 1. The molecule has 0 radical (unpaired) electrons. The van der Waals surface area contributed by atoms with E-state index in [-0.39, 0.29) is 18.4 Å². The van der Waals surface area contributed by atoms with Crippen molar-refractivity contribution in [3.05, 3.63) is 28.3 Å². The highest BCUT2D eigenvalue weighted by atomic mass is 35.5. The summed E-state index contributed by atoms with van der Waals surface area (Å²) in [6.45, 7) is 6.98. The van der Waals surface area contributed by atoms with Crippen LogP contribution in [0.2, 0.25) is 5.02 Å². The number of nitrogens with zero attached hydrogens (tertiary/aromatic N) is 2. The molecule has 1 fully saturated rings. The molecule has 126 valence electrons. The highest BCUT2D eigenvalue weighted by Gasteiger charge is 2.24. The van der Waals surface area contributed by atoms with E-state index in [4.69, 9.17) is 11.6 Å². The maximum atomic E-state index is 12.6. The third-order valence-corrected chi connectivity index (χ3v) is 4.59. The Hall–Kier alpha value is -1.55. The number of carbonyl (C=O) groups is 2. The van der Waals surface area contributed by atoms with Gasteiger partial charge in [-0.1, -0.05) is 30.5 Å². The van der Waals surface area contributed by atoms with Crippen molar-refractivity contribution in [2.75, 3.05) is 24.5 Å². The lowest BCUT2D eigenvalue weighted by Gasteiger charge is -2.28. The van der Waals surface area contributed by atoms with E-state index in [0.717, 1.165) is 37.1 Å². The van der Waals surface area contributed by atoms with Gasteiger partial charge in [0, 0.05) is 20.0 Å².